The number of nitrogens with one attached hydrogen (secondary N) is 2. The maximum absolute atomic E-state index is 13.1. The number of amides is 2. The number of carbonyl (C=O) groups is 2. The summed E-state index contributed by atoms with van der Waals surface area (Å²) in [6.45, 7) is 8.67. The molecular formula is C30H33N3O2S2. The van der Waals surface area contributed by atoms with E-state index in [1.165, 1.54) is 16.6 Å². The second kappa shape index (κ2) is 11.5. The summed E-state index contributed by atoms with van der Waals surface area (Å²) in [7, 11) is 0. The first-order valence-electron chi connectivity index (χ1n) is 12.6. The maximum Gasteiger partial charge on any atom is 0.238 e. The summed E-state index contributed by atoms with van der Waals surface area (Å²) >= 11 is 2.98. The number of benzene rings is 2. The molecule has 37 heavy (non-hydrogen) atoms. The van der Waals surface area contributed by atoms with Crippen molar-refractivity contribution < 1.29 is 9.59 Å². The Morgan fingerprint density at radius 3 is 2.59 bits per heavy atom. The highest BCUT2D eigenvalue weighted by molar-refractivity contribution is 8.00. The lowest BCUT2D eigenvalue weighted by Gasteiger charge is -2.33. The predicted molar refractivity (Wildman–Crippen MR) is 153 cm³/mol. The molecule has 3 aromatic rings. The van der Waals surface area contributed by atoms with E-state index in [-0.39, 0.29) is 22.5 Å². The van der Waals surface area contributed by atoms with Crippen LogP contribution in [0.1, 0.15) is 55.7 Å². The van der Waals surface area contributed by atoms with Crippen LogP contribution in [-0.2, 0) is 28.9 Å². The first kappa shape index (κ1) is 27.0. The summed E-state index contributed by atoms with van der Waals surface area (Å²) < 4.78 is 0. The summed E-state index contributed by atoms with van der Waals surface area (Å²) in [6.07, 6.45) is 3.22. The molecule has 0 radical (unpaired) electrons. The Hall–Kier alpha value is -3.08. The summed E-state index contributed by atoms with van der Waals surface area (Å²) in [5.41, 5.74) is 3.61. The third-order valence-electron chi connectivity index (χ3n) is 6.85. The molecule has 2 atom stereocenters. The number of rotatable bonds is 7. The first-order chi connectivity index (χ1) is 17.6. The molecule has 0 bridgehead atoms. The van der Waals surface area contributed by atoms with E-state index in [0.29, 0.717) is 28.6 Å². The van der Waals surface area contributed by atoms with Crippen LogP contribution >= 0.6 is 23.1 Å². The minimum Gasteiger partial charge on any atom is -0.326 e. The molecule has 2 N–H and O–H groups in total. The van der Waals surface area contributed by atoms with E-state index in [1.54, 1.807) is 11.3 Å². The second-order valence-electron chi connectivity index (χ2n) is 10.6. The van der Waals surface area contributed by atoms with Gasteiger partial charge in [-0.15, -0.1) is 23.1 Å². The van der Waals surface area contributed by atoms with Crippen LogP contribution in [0.2, 0.25) is 0 Å². The number of hydrogen-bond donors (Lipinski definition) is 2. The van der Waals surface area contributed by atoms with Crippen molar-refractivity contribution in [3.63, 3.8) is 0 Å². The molecule has 4 rings (SSSR count). The molecule has 1 aromatic heterocycles. The molecule has 0 saturated heterocycles. The normalized spacial score (nSPS) is 15.8. The average molecular weight is 532 g/mol. The molecule has 1 aliphatic carbocycles. The molecule has 0 aliphatic heterocycles. The van der Waals surface area contributed by atoms with Crippen molar-refractivity contribution in [3.05, 3.63) is 76.2 Å². The van der Waals surface area contributed by atoms with Gasteiger partial charge in [-0.05, 0) is 66.8 Å². The zero-order chi connectivity index (χ0) is 26.6. The highest BCUT2D eigenvalue weighted by Crippen LogP contribution is 2.44. The SMILES string of the molecule is CC(Sc1cccc(NC(=O)Cc2ccccc2)c1)C(=O)Nc1sc2c(c1C#N)CCC(C(C)(C)C)C2. The Bertz CT molecular complexity index is 1320. The molecule has 2 unspecified atom stereocenters. The zero-order valence-electron chi connectivity index (χ0n) is 21.8. The van der Waals surface area contributed by atoms with E-state index >= 15 is 0 Å². The number of nitrogens with zero attached hydrogens (tertiary/aromatic N) is 1. The van der Waals surface area contributed by atoms with Gasteiger partial charge in [-0.3, -0.25) is 9.59 Å². The van der Waals surface area contributed by atoms with Crippen molar-refractivity contribution in [1.82, 2.24) is 0 Å². The smallest absolute Gasteiger partial charge is 0.238 e. The van der Waals surface area contributed by atoms with Gasteiger partial charge in [0.05, 0.1) is 17.2 Å². The van der Waals surface area contributed by atoms with Crippen LogP contribution < -0.4 is 10.6 Å². The molecule has 1 heterocycles. The number of hydrogen-bond acceptors (Lipinski definition) is 5. The van der Waals surface area contributed by atoms with Crippen molar-refractivity contribution in [1.29, 1.82) is 5.26 Å². The molecule has 0 saturated carbocycles. The lowest BCUT2D eigenvalue weighted by atomic mass is 9.72. The van der Waals surface area contributed by atoms with Crippen molar-refractivity contribution in [2.45, 2.75) is 63.5 Å². The summed E-state index contributed by atoms with van der Waals surface area (Å²) in [5, 5.41) is 16.1. The summed E-state index contributed by atoms with van der Waals surface area (Å²) in [4.78, 5) is 27.6. The van der Waals surface area contributed by atoms with Gasteiger partial charge in [-0.25, -0.2) is 0 Å². The Morgan fingerprint density at radius 1 is 1.14 bits per heavy atom. The highest BCUT2D eigenvalue weighted by atomic mass is 32.2. The van der Waals surface area contributed by atoms with Gasteiger partial charge in [0.2, 0.25) is 11.8 Å². The molecule has 2 amide bonds. The number of thioether (sulfide) groups is 1. The lowest BCUT2D eigenvalue weighted by molar-refractivity contribution is -0.116. The van der Waals surface area contributed by atoms with Crippen LogP contribution in [-0.4, -0.2) is 17.1 Å². The molecule has 0 fully saturated rings. The quantitative estimate of drug-likeness (QED) is 0.319. The Balaban J connectivity index is 1.38. The fraction of sp³-hybridized carbons (Fsp3) is 0.367. The van der Waals surface area contributed by atoms with Crippen LogP contribution in [0.25, 0.3) is 0 Å². The maximum atomic E-state index is 13.1. The Kier molecular flexibility index (Phi) is 8.41. The van der Waals surface area contributed by atoms with Gasteiger partial charge in [0, 0.05) is 15.5 Å². The molecule has 1 aliphatic rings. The highest BCUT2D eigenvalue weighted by Gasteiger charge is 2.32. The largest absolute Gasteiger partial charge is 0.326 e. The van der Waals surface area contributed by atoms with Crippen LogP contribution in [0.4, 0.5) is 10.7 Å². The number of nitriles is 1. The van der Waals surface area contributed by atoms with Crippen LogP contribution in [0.15, 0.2) is 59.5 Å². The van der Waals surface area contributed by atoms with E-state index in [0.717, 1.165) is 35.3 Å². The zero-order valence-corrected chi connectivity index (χ0v) is 23.4. The molecule has 192 valence electrons. The minimum absolute atomic E-state index is 0.0847. The molecular weight excluding hydrogens is 498 g/mol. The number of fused-ring (bicyclic) bond motifs is 1. The van der Waals surface area contributed by atoms with E-state index in [1.807, 2.05) is 61.5 Å². The van der Waals surface area contributed by atoms with Crippen LogP contribution in [0, 0.1) is 22.7 Å². The van der Waals surface area contributed by atoms with Gasteiger partial charge < -0.3 is 10.6 Å². The van der Waals surface area contributed by atoms with Crippen molar-refractivity contribution >= 4 is 45.6 Å². The molecule has 0 spiro atoms. The van der Waals surface area contributed by atoms with E-state index in [2.05, 4.69) is 37.5 Å². The fourth-order valence-corrected chi connectivity index (χ4v) is 6.84. The summed E-state index contributed by atoms with van der Waals surface area (Å²) in [5.74, 6) is 0.355. The van der Waals surface area contributed by atoms with Gasteiger partial charge >= 0.3 is 0 Å². The van der Waals surface area contributed by atoms with Gasteiger partial charge in [0.15, 0.2) is 0 Å². The van der Waals surface area contributed by atoms with Gasteiger partial charge in [0.1, 0.15) is 11.1 Å². The van der Waals surface area contributed by atoms with E-state index in [9.17, 15) is 14.9 Å². The third kappa shape index (κ3) is 6.82. The van der Waals surface area contributed by atoms with Crippen LogP contribution in [0.3, 0.4) is 0 Å². The van der Waals surface area contributed by atoms with Crippen LogP contribution in [0.5, 0.6) is 0 Å². The van der Waals surface area contributed by atoms with Crippen molar-refractivity contribution in [2.24, 2.45) is 11.3 Å². The molecule has 7 heteroatoms. The minimum atomic E-state index is -0.372. The van der Waals surface area contributed by atoms with Gasteiger partial charge in [-0.1, -0.05) is 57.2 Å². The third-order valence-corrected chi connectivity index (χ3v) is 9.11. The number of anilines is 2. The number of carbonyl (C=O) groups excluding carboxylic acids is 2. The van der Waals surface area contributed by atoms with Gasteiger partial charge in [-0.2, -0.15) is 5.26 Å². The monoisotopic (exact) mass is 531 g/mol. The lowest BCUT2D eigenvalue weighted by Crippen LogP contribution is -2.26. The average Bonchev–Trinajstić information content (AvgIpc) is 3.20. The van der Waals surface area contributed by atoms with E-state index in [4.69, 9.17) is 0 Å². The second-order valence-corrected chi connectivity index (χ2v) is 13.1. The van der Waals surface area contributed by atoms with E-state index < -0.39 is 0 Å². The fourth-order valence-electron chi connectivity index (χ4n) is 4.64. The topological polar surface area (TPSA) is 82.0 Å². The Labute approximate surface area is 227 Å². The van der Waals surface area contributed by atoms with Gasteiger partial charge in [0.25, 0.3) is 0 Å². The molecule has 5 nitrogen and oxygen atoms in total. The van der Waals surface area contributed by atoms with Crippen molar-refractivity contribution in [2.75, 3.05) is 10.6 Å². The standard InChI is InChI=1S/C30H33N3O2S2/c1-19(36-23-12-8-11-22(17-23)32-27(34)15-20-9-6-5-7-10-20)28(35)33-29-25(18-31)24-14-13-21(30(2,3)4)16-26(24)37-29/h5-12,17,19,21H,13-16H2,1-4H3,(H,32,34)(H,33,35). The predicted octanol–water partition coefficient (Wildman–Crippen LogP) is 7.07. The first-order valence-corrected chi connectivity index (χ1v) is 14.3. The Morgan fingerprint density at radius 2 is 1.89 bits per heavy atom. The van der Waals surface area contributed by atoms with Crippen molar-refractivity contribution in [3.8, 4) is 6.07 Å². The summed E-state index contributed by atoms with van der Waals surface area (Å²) in [6, 6.07) is 19.5. The molecule has 2 aromatic carbocycles. The number of thiophene rings is 1.